The average molecular weight is 354 g/mol. The Hall–Kier alpha value is -1.11. The highest BCUT2D eigenvalue weighted by Crippen LogP contribution is 2.34. The summed E-state index contributed by atoms with van der Waals surface area (Å²) in [5, 5.41) is 0. The zero-order valence-electron chi connectivity index (χ0n) is 17.2. The van der Waals surface area contributed by atoms with Crippen LogP contribution < -0.4 is 0 Å². The Labute approximate surface area is 161 Å². The van der Waals surface area contributed by atoms with E-state index in [9.17, 15) is 0 Å². The second kappa shape index (κ2) is 10.3. The molecule has 2 aliphatic rings. The van der Waals surface area contributed by atoms with Gasteiger partial charge in [-0.2, -0.15) is 0 Å². The molecule has 2 saturated carbocycles. The molecule has 1 aromatic rings. The number of aryl methyl sites for hydroxylation is 1. The number of aliphatic imine (C=N–C) groups is 1. The smallest absolute Gasteiger partial charge is 0.0658 e. The molecule has 26 heavy (non-hydrogen) atoms. The van der Waals surface area contributed by atoms with Gasteiger partial charge < -0.3 is 0 Å². The molecule has 1 aromatic carbocycles. The molecule has 144 valence electrons. The van der Waals surface area contributed by atoms with Crippen LogP contribution in [-0.2, 0) is 0 Å². The summed E-state index contributed by atoms with van der Waals surface area (Å²) in [6.45, 7) is 4.53. The zero-order chi connectivity index (χ0) is 18.2. The van der Waals surface area contributed by atoms with Crippen LogP contribution in [0.1, 0.15) is 114 Å². The lowest BCUT2D eigenvalue weighted by molar-refractivity contribution is 0.451. The Morgan fingerprint density at radius 1 is 0.769 bits per heavy atom. The summed E-state index contributed by atoms with van der Waals surface area (Å²) in [6, 6.07) is 7.12. The summed E-state index contributed by atoms with van der Waals surface area (Å²) in [6.07, 6.45) is 19.6. The van der Waals surface area contributed by atoms with Gasteiger partial charge >= 0.3 is 0 Å². The van der Waals surface area contributed by atoms with Gasteiger partial charge in [-0.15, -0.1) is 0 Å². The first-order valence-corrected chi connectivity index (χ1v) is 11.4. The molecular weight excluding hydrogens is 314 g/mol. The number of hydrogen-bond acceptors (Lipinski definition) is 1. The molecule has 0 heterocycles. The zero-order valence-corrected chi connectivity index (χ0v) is 17.2. The predicted octanol–water partition coefficient (Wildman–Crippen LogP) is 8.28. The lowest BCUT2D eigenvalue weighted by atomic mass is 9.85. The number of benzene rings is 1. The largest absolute Gasteiger partial charge is 0.258 e. The summed E-state index contributed by atoms with van der Waals surface area (Å²) in [4.78, 5) is 5.09. The van der Waals surface area contributed by atoms with Gasteiger partial charge in [0.2, 0.25) is 0 Å². The lowest BCUT2D eigenvalue weighted by Gasteiger charge is -2.21. The maximum atomic E-state index is 5.09. The molecule has 3 rings (SSSR count). The summed E-state index contributed by atoms with van der Waals surface area (Å²) < 4.78 is 0. The van der Waals surface area contributed by atoms with E-state index in [1.807, 2.05) is 0 Å². The van der Waals surface area contributed by atoms with Crippen molar-refractivity contribution in [3.8, 4) is 0 Å². The molecule has 0 aliphatic heterocycles. The SMILES string of the molecule is CC(=Nc1ccc(C2CCCCCCC2)cc1C)C1CCCCCCC1. The van der Waals surface area contributed by atoms with E-state index in [0.717, 1.165) is 5.92 Å². The standard InChI is InChI=1S/C25H39N/c1-20-19-24(23-15-11-7-4-8-12-16-23)17-18-25(20)26-21(2)22-13-9-5-3-6-10-14-22/h17-19,22-23H,3-16H2,1-2H3. The van der Waals surface area contributed by atoms with Gasteiger partial charge in [-0.1, -0.05) is 76.3 Å². The van der Waals surface area contributed by atoms with Crippen LogP contribution in [0.2, 0.25) is 0 Å². The molecular formula is C25H39N. The Morgan fingerprint density at radius 3 is 1.88 bits per heavy atom. The molecule has 1 heteroatoms. The number of nitrogens with zero attached hydrogens (tertiary/aromatic N) is 1. The van der Waals surface area contributed by atoms with Crippen molar-refractivity contribution < 1.29 is 0 Å². The van der Waals surface area contributed by atoms with Crippen molar-refractivity contribution >= 4 is 11.4 Å². The van der Waals surface area contributed by atoms with Gasteiger partial charge in [0.1, 0.15) is 0 Å². The fourth-order valence-corrected chi connectivity index (χ4v) is 5.00. The second-order valence-corrected chi connectivity index (χ2v) is 8.88. The van der Waals surface area contributed by atoms with E-state index in [1.54, 1.807) is 5.56 Å². The van der Waals surface area contributed by atoms with Crippen LogP contribution in [-0.4, -0.2) is 5.71 Å². The molecule has 0 aromatic heterocycles. The Bertz CT molecular complexity index is 570. The third kappa shape index (κ3) is 5.69. The van der Waals surface area contributed by atoms with Crippen molar-refractivity contribution in [3.63, 3.8) is 0 Å². The predicted molar refractivity (Wildman–Crippen MR) is 115 cm³/mol. The average Bonchev–Trinajstić information content (AvgIpc) is 2.56. The quantitative estimate of drug-likeness (QED) is 0.485. The molecule has 2 aliphatic carbocycles. The van der Waals surface area contributed by atoms with Gasteiger partial charge in [-0.05, 0) is 68.6 Å². The van der Waals surface area contributed by atoms with Gasteiger partial charge in [-0.3, -0.25) is 4.99 Å². The van der Waals surface area contributed by atoms with Crippen LogP contribution in [0, 0.1) is 12.8 Å². The summed E-state index contributed by atoms with van der Waals surface area (Å²) in [7, 11) is 0. The fraction of sp³-hybridized carbons (Fsp3) is 0.720. The highest BCUT2D eigenvalue weighted by atomic mass is 14.8. The van der Waals surface area contributed by atoms with Gasteiger partial charge in [0.25, 0.3) is 0 Å². The molecule has 0 bridgehead atoms. The van der Waals surface area contributed by atoms with Gasteiger partial charge in [0.15, 0.2) is 0 Å². The normalized spacial score (nSPS) is 22.3. The van der Waals surface area contributed by atoms with Crippen molar-refractivity contribution in [2.75, 3.05) is 0 Å². The minimum atomic E-state index is 0.708. The number of rotatable bonds is 3. The van der Waals surface area contributed by atoms with Crippen molar-refractivity contribution in [2.24, 2.45) is 10.9 Å². The molecule has 1 nitrogen and oxygen atoms in total. The molecule has 0 unspecified atom stereocenters. The van der Waals surface area contributed by atoms with Crippen LogP contribution in [0.3, 0.4) is 0 Å². The number of hydrogen-bond donors (Lipinski definition) is 0. The van der Waals surface area contributed by atoms with E-state index in [4.69, 9.17) is 4.99 Å². The van der Waals surface area contributed by atoms with Crippen LogP contribution in [0.25, 0.3) is 0 Å². The van der Waals surface area contributed by atoms with E-state index in [-0.39, 0.29) is 0 Å². The summed E-state index contributed by atoms with van der Waals surface area (Å²) in [5.74, 6) is 1.48. The van der Waals surface area contributed by atoms with Crippen LogP contribution in [0.5, 0.6) is 0 Å². The third-order valence-electron chi connectivity index (χ3n) is 6.79. The van der Waals surface area contributed by atoms with Gasteiger partial charge in [0.05, 0.1) is 5.69 Å². The first-order valence-electron chi connectivity index (χ1n) is 11.4. The Balaban J connectivity index is 1.69. The van der Waals surface area contributed by atoms with Crippen LogP contribution in [0.4, 0.5) is 5.69 Å². The van der Waals surface area contributed by atoms with Crippen molar-refractivity contribution in [3.05, 3.63) is 29.3 Å². The maximum Gasteiger partial charge on any atom is 0.0658 e. The first-order chi connectivity index (χ1) is 12.7. The molecule has 0 atom stereocenters. The van der Waals surface area contributed by atoms with E-state index in [0.29, 0.717) is 5.92 Å². The van der Waals surface area contributed by atoms with Crippen molar-refractivity contribution in [2.45, 2.75) is 110 Å². The molecule has 0 spiro atoms. The molecule has 0 radical (unpaired) electrons. The van der Waals surface area contributed by atoms with Gasteiger partial charge in [-0.25, -0.2) is 0 Å². The maximum absolute atomic E-state index is 5.09. The second-order valence-electron chi connectivity index (χ2n) is 8.88. The molecule has 0 N–H and O–H groups in total. The van der Waals surface area contributed by atoms with Crippen LogP contribution >= 0.6 is 0 Å². The minimum absolute atomic E-state index is 0.708. The van der Waals surface area contributed by atoms with Crippen molar-refractivity contribution in [1.82, 2.24) is 0 Å². The Morgan fingerprint density at radius 2 is 1.31 bits per heavy atom. The monoisotopic (exact) mass is 353 g/mol. The van der Waals surface area contributed by atoms with Crippen molar-refractivity contribution in [1.29, 1.82) is 0 Å². The third-order valence-corrected chi connectivity index (χ3v) is 6.79. The summed E-state index contributed by atoms with van der Waals surface area (Å²) >= 11 is 0. The fourth-order valence-electron chi connectivity index (χ4n) is 5.00. The first kappa shape index (κ1) is 19.6. The molecule has 0 amide bonds. The topological polar surface area (TPSA) is 12.4 Å². The highest BCUT2D eigenvalue weighted by Gasteiger charge is 2.16. The van der Waals surface area contributed by atoms with Gasteiger partial charge in [0, 0.05) is 5.71 Å². The lowest BCUT2D eigenvalue weighted by Crippen LogP contribution is -2.13. The van der Waals surface area contributed by atoms with E-state index >= 15 is 0 Å². The highest BCUT2D eigenvalue weighted by molar-refractivity contribution is 5.87. The summed E-state index contributed by atoms with van der Waals surface area (Å²) in [5.41, 5.74) is 5.51. The van der Waals surface area contributed by atoms with E-state index in [1.165, 1.54) is 107 Å². The van der Waals surface area contributed by atoms with Crippen LogP contribution in [0.15, 0.2) is 23.2 Å². The van der Waals surface area contributed by atoms with E-state index < -0.39 is 0 Å². The van der Waals surface area contributed by atoms with E-state index in [2.05, 4.69) is 32.0 Å². The molecule has 0 saturated heterocycles. The Kier molecular flexibility index (Phi) is 7.77. The minimum Gasteiger partial charge on any atom is -0.258 e. The molecule has 2 fully saturated rings.